The normalized spacial score (nSPS) is 14.3. The SMILES string of the molecule is CCCOc1ccc(C(=O)CCC(=O)N2CCC(N)CC2)cc1OCCC.Cl. The molecule has 0 spiro atoms. The summed E-state index contributed by atoms with van der Waals surface area (Å²) in [5, 5.41) is 0. The number of ether oxygens (including phenoxy) is 2. The van der Waals surface area contributed by atoms with E-state index in [4.69, 9.17) is 15.2 Å². The van der Waals surface area contributed by atoms with Crippen molar-refractivity contribution >= 4 is 24.1 Å². The molecular weight excluding hydrogens is 380 g/mol. The second-order valence-corrected chi connectivity index (χ2v) is 7.00. The van der Waals surface area contributed by atoms with Crippen molar-refractivity contribution in [3.8, 4) is 11.5 Å². The quantitative estimate of drug-likeness (QED) is 0.594. The van der Waals surface area contributed by atoms with E-state index < -0.39 is 0 Å². The number of Topliss-reactive ketones (excluding diaryl/α,β-unsaturated/α-hetero) is 1. The van der Waals surface area contributed by atoms with Crippen molar-refractivity contribution in [1.82, 2.24) is 4.90 Å². The van der Waals surface area contributed by atoms with Crippen LogP contribution in [-0.2, 0) is 4.79 Å². The Hall–Kier alpha value is -1.79. The molecule has 0 bridgehead atoms. The number of hydrogen-bond acceptors (Lipinski definition) is 5. The Bertz CT molecular complexity index is 631. The van der Waals surface area contributed by atoms with Crippen molar-refractivity contribution in [2.75, 3.05) is 26.3 Å². The third-order valence-corrected chi connectivity index (χ3v) is 4.65. The highest BCUT2D eigenvalue weighted by atomic mass is 35.5. The number of rotatable bonds is 10. The Kier molecular flexibility index (Phi) is 10.9. The van der Waals surface area contributed by atoms with Crippen molar-refractivity contribution in [3.63, 3.8) is 0 Å². The van der Waals surface area contributed by atoms with Gasteiger partial charge in [0, 0.05) is 37.5 Å². The lowest BCUT2D eigenvalue weighted by Crippen LogP contribution is -2.42. The number of ketones is 1. The maximum Gasteiger partial charge on any atom is 0.223 e. The van der Waals surface area contributed by atoms with Crippen LogP contribution in [0.3, 0.4) is 0 Å². The zero-order chi connectivity index (χ0) is 19.6. The number of carbonyl (C=O) groups excluding carboxylic acids is 2. The minimum atomic E-state index is -0.0551. The Morgan fingerprint density at radius 3 is 2.25 bits per heavy atom. The van der Waals surface area contributed by atoms with E-state index in [9.17, 15) is 9.59 Å². The summed E-state index contributed by atoms with van der Waals surface area (Å²) in [6.07, 6.45) is 3.86. The van der Waals surface area contributed by atoms with Gasteiger partial charge < -0.3 is 20.1 Å². The van der Waals surface area contributed by atoms with Crippen molar-refractivity contribution in [2.24, 2.45) is 5.73 Å². The molecule has 1 aliphatic heterocycles. The zero-order valence-electron chi connectivity index (χ0n) is 16.9. The summed E-state index contributed by atoms with van der Waals surface area (Å²) in [7, 11) is 0. The first kappa shape index (κ1) is 24.2. The number of piperidine rings is 1. The van der Waals surface area contributed by atoms with Crippen LogP contribution in [0.25, 0.3) is 0 Å². The van der Waals surface area contributed by atoms with E-state index in [1.54, 1.807) is 18.2 Å². The number of benzene rings is 1. The highest BCUT2D eigenvalue weighted by Gasteiger charge is 2.21. The second kappa shape index (κ2) is 12.6. The number of halogens is 1. The summed E-state index contributed by atoms with van der Waals surface area (Å²) >= 11 is 0. The van der Waals surface area contributed by atoms with Crippen LogP contribution in [-0.4, -0.2) is 48.9 Å². The third-order valence-electron chi connectivity index (χ3n) is 4.65. The molecule has 1 heterocycles. The lowest BCUT2D eigenvalue weighted by Gasteiger charge is -2.30. The number of nitrogens with two attached hydrogens (primary N) is 1. The molecule has 0 aromatic heterocycles. The maximum absolute atomic E-state index is 12.5. The van der Waals surface area contributed by atoms with Gasteiger partial charge in [0.05, 0.1) is 13.2 Å². The molecule has 1 aromatic rings. The van der Waals surface area contributed by atoms with Crippen LogP contribution in [0.15, 0.2) is 18.2 Å². The molecule has 1 amide bonds. The lowest BCUT2D eigenvalue weighted by atomic mass is 10.0. The maximum atomic E-state index is 12.5. The molecule has 7 heteroatoms. The van der Waals surface area contributed by atoms with E-state index in [-0.39, 0.29) is 43.0 Å². The van der Waals surface area contributed by atoms with E-state index >= 15 is 0 Å². The topological polar surface area (TPSA) is 81.9 Å². The molecule has 6 nitrogen and oxygen atoms in total. The molecule has 158 valence electrons. The highest BCUT2D eigenvalue weighted by Crippen LogP contribution is 2.29. The van der Waals surface area contributed by atoms with Crippen LogP contribution in [0.5, 0.6) is 11.5 Å². The molecule has 0 unspecified atom stereocenters. The van der Waals surface area contributed by atoms with Crippen molar-refractivity contribution < 1.29 is 19.1 Å². The van der Waals surface area contributed by atoms with Crippen molar-refractivity contribution in [3.05, 3.63) is 23.8 Å². The largest absolute Gasteiger partial charge is 0.490 e. The summed E-state index contributed by atoms with van der Waals surface area (Å²) in [5.41, 5.74) is 6.43. The van der Waals surface area contributed by atoms with Crippen molar-refractivity contribution in [2.45, 2.75) is 58.4 Å². The number of carbonyl (C=O) groups is 2. The van der Waals surface area contributed by atoms with Gasteiger partial charge >= 0.3 is 0 Å². The molecule has 1 aromatic carbocycles. The Balaban J connectivity index is 0.00000392. The molecule has 1 aliphatic rings. The van der Waals surface area contributed by atoms with E-state index in [2.05, 4.69) is 0 Å². The van der Waals surface area contributed by atoms with Gasteiger partial charge in [-0.3, -0.25) is 9.59 Å². The van der Waals surface area contributed by atoms with Gasteiger partial charge in [-0.2, -0.15) is 0 Å². The number of amides is 1. The van der Waals surface area contributed by atoms with Gasteiger partial charge in [0.25, 0.3) is 0 Å². The fourth-order valence-electron chi connectivity index (χ4n) is 3.01. The molecule has 2 rings (SSSR count). The standard InChI is InChI=1S/C21H32N2O4.ClH/c1-3-13-26-19-7-5-16(15-20(19)27-14-4-2)18(24)6-8-21(25)23-11-9-17(22)10-12-23;/h5,7,15,17H,3-4,6,8-14,22H2,1-2H3;1H. The molecule has 0 saturated carbocycles. The van der Waals surface area contributed by atoms with E-state index in [0.29, 0.717) is 43.4 Å². The summed E-state index contributed by atoms with van der Waals surface area (Å²) in [5.74, 6) is 1.22. The first-order valence-electron chi connectivity index (χ1n) is 10.0. The van der Waals surface area contributed by atoms with E-state index in [0.717, 1.165) is 25.7 Å². The van der Waals surface area contributed by atoms with Crippen LogP contribution in [0.1, 0.15) is 62.7 Å². The monoisotopic (exact) mass is 412 g/mol. The Morgan fingerprint density at radius 1 is 1.04 bits per heavy atom. The summed E-state index contributed by atoms with van der Waals surface area (Å²) < 4.78 is 11.4. The average molecular weight is 413 g/mol. The molecular formula is C21H33ClN2O4. The van der Waals surface area contributed by atoms with Crippen LogP contribution >= 0.6 is 12.4 Å². The smallest absolute Gasteiger partial charge is 0.223 e. The van der Waals surface area contributed by atoms with Crippen LogP contribution in [0.4, 0.5) is 0 Å². The summed E-state index contributed by atoms with van der Waals surface area (Å²) in [6.45, 7) is 6.61. The number of hydrogen-bond donors (Lipinski definition) is 1. The van der Waals surface area contributed by atoms with Gasteiger partial charge in [0.1, 0.15) is 0 Å². The van der Waals surface area contributed by atoms with Gasteiger partial charge in [0.2, 0.25) is 5.91 Å². The predicted molar refractivity (Wildman–Crippen MR) is 113 cm³/mol. The molecule has 1 fully saturated rings. The lowest BCUT2D eigenvalue weighted by molar-refractivity contribution is -0.132. The Labute approximate surface area is 174 Å². The third kappa shape index (κ3) is 7.32. The molecule has 28 heavy (non-hydrogen) atoms. The summed E-state index contributed by atoms with van der Waals surface area (Å²) in [6, 6.07) is 5.44. The highest BCUT2D eigenvalue weighted by molar-refractivity contribution is 5.98. The van der Waals surface area contributed by atoms with Crippen LogP contribution < -0.4 is 15.2 Å². The molecule has 0 aliphatic carbocycles. The molecule has 2 N–H and O–H groups in total. The predicted octanol–water partition coefficient (Wildman–Crippen LogP) is 3.60. The van der Waals surface area contributed by atoms with Crippen LogP contribution in [0.2, 0.25) is 0 Å². The number of nitrogens with zero attached hydrogens (tertiary/aromatic N) is 1. The average Bonchev–Trinajstić information content (AvgIpc) is 2.69. The number of likely N-dealkylation sites (tertiary alicyclic amines) is 1. The van der Waals surface area contributed by atoms with Gasteiger partial charge in [-0.15, -0.1) is 12.4 Å². The minimum absolute atomic E-state index is 0. The van der Waals surface area contributed by atoms with Gasteiger partial charge in [-0.25, -0.2) is 0 Å². The minimum Gasteiger partial charge on any atom is -0.490 e. The fourth-order valence-corrected chi connectivity index (χ4v) is 3.01. The van der Waals surface area contributed by atoms with Gasteiger partial charge in [0.15, 0.2) is 17.3 Å². The Morgan fingerprint density at radius 2 is 1.64 bits per heavy atom. The van der Waals surface area contributed by atoms with Gasteiger partial charge in [-0.05, 0) is 43.9 Å². The van der Waals surface area contributed by atoms with Crippen molar-refractivity contribution in [1.29, 1.82) is 0 Å². The first-order chi connectivity index (χ1) is 13.0. The van der Waals surface area contributed by atoms with E-state index in [1.807, 2.05) is 18.7 Å². The molecule has 1 saturated heterocycles. The first-order valence-corrected chi connectivity index (χ1v) is 10.0. The fraction of sp³-hybridized carbons (Fsp3) is 0.619. The molecule has 0 radical (unpaired) electrons. The zero-order valence-corrected chi connectivity index (χ0v) is 17.8. The van der Waals surface area contributed by atoms with Gasteiger partial charge in [-0.1, -0.05) is 13.8 Å². The van der Waals surface area contributed by atoms with Crippen LogP contribution in [0, 0.1) is 0 Å². The summed E-state index contributed by atoms with van der Waals surface area (Å²) in [4.78, 5) is 26.7. The second-order valence-electron chi connectivity index (χ2n) is 7.00. The van der Waals surface area contributed by atoms with E-state index in [1.165, 1.54) is 0 Å². The molecule has 0 atom stereocenters.